The van der Waals surface area contributed by atoms with Crippen LogP contribution in [0.1, 0.15) is 12.0 Å². The van der Waals surface area contributed by atoms with Crippen LogP contribution in [0.25, 0.3) is 0 Å². The molecule has 0 aliphatic heterocycles. The predicted octanol–water partition coefficient (Wildman–Crippen LogP) is 2.49. The average Bonchev–Trinajstić information content (AvgIpc) is 2.43. The molecule has 0 spiro atoms. The fourth-order valence-corrected chi connectivity index (χ4v) is 1.78. The van der Waals surface area contributed by atoms with E-state index < -0.39 is 0 Å². The van der Waals surface area contributed by atoms with Crippen LogP contribution in [-0.4, -0.2) is 25.2 Å². The second-order valence-corrected chi connectivity index (χ2v) is 4.26. The third-order valence-electron chi connectivity index (χ3n) is 2.65. The maximum Gasteiger partial charge on any atom is 0.307 e. The van der Waals surface area contributed by atoms with Gasteiger partial charge in [-0.1, -0.05) is 49.1 Å². The number of benzene rings is 1. The molecule has 0 aliphatic rings. The van der Waals surface area contributed by atoms with Crippen molar-refractivity contribution < 1.29 is 9.53 Å². The van der Waals surface area contributed by atoms with E-state index in [4.69, 9.17) is 4.74 Å². The van der Waals surface area contributed by atoms with E-state index in [0.717, 1.165) is 6.42 Å². The van der Waals surface area contributed by atoms with Gasteiger partial charge in [0.05, 0.1) is 6.42 Å². The molecule has 0 amide bonds. The Hall–Kier alpha value is -1.87. The summed E-state index contributed by atoms with van der Waals surface area (Å²) >= 11 is 0. The number of carbonyl (C=O) groups excluding carboxylic acids is 1. The SMILES string of the molecule is C=CCNC(CC(=O)OCC=C)Cc1ccccc1. The molecule has 102 valence electrons. The molecule has 0 saturated heterocycles. The third-order valence-corrected chi connectivity index (χ3v) is 2.65. The molecule has 1 atom stereocenters. The zero-order chi connectivity index (χ0) is 13.9. The summed E-state index contributed by atoms with van der Waals surface area (Å²) in [5.41, 5.74) is 1.19. The summed E-state index contributed by atoms with van der Waals surface area (Å²) in [6.45, 7) is 8.13. The van der Waals surface area contributed by atoms with E-state index in [2.05, 4.69) is 30.6 Å². The van der Waals surface area contributed by atoms with Gasteiger partial charge < -0.3 is 10.1 Å². The minimum Gasteiger partial charge on any atom is -0.461 e. The Morgan fingerprint density at radius 1 is 1.26 bits per heavy atom. The Morgan fingerprint density at radius 2 is 2.00 bits per heavy atom. The van der Waals surface area contributed by atoms with Crippen LogP contribution in [0.3, 0.4) is 0 Å². The van der Waals surface area contributed by atoms with Gasteiger partial charge in [-0.3, -0.25) is 4.79 Å². The lowest BCUT2D eigenvalue weighted by atomic mass is 10.0. The molecule has 0 aliphatic carbocycles. The summed E-state index contributed by atoms with van der Waals surface area (Å²) in [5.74, 6) is -0.211. The summed E-state index contributed by atoms with van der Waals surface area (Å²) in [5, 5.41) is 3.28. The van der Waals surface area contributed by atoms with Crippen LogP contribution in [0, 0.1) is 0 Å². The number of hydrogen-bond acceptors (Lipinski definition) is 3. The first-order valence-electron chi connectivity index (χ1n) is 6.41. The number of hydrogen-bond donors (Lipinski definition) is 1. The van der Waals surface area contributed by atoms with Crippen LogP contribution in [-0.2, 0) is 16.0 Å². The van der Waals surface area contributed by atoms with E-state index in [1.54, 1.807) is 12.2 Å². The van der Waals surface area contributed by atoms with E-state index in [0.29, 0.717) is 13.0 Å². The Morgan fingerprint density at radius 3 is 2.63 bits per heavy atom. The zero-order valence-electron chi connectivity index (χ0n) is 11.2. The molecule has 1 N–H and O–H groups in total. The third kappa shape index (κ3) is 6.58. The van der Waals surface area contributed by atoms with Crippen LogP contribution in [0.4, 0.5) is 0 Å². The summed E-state index contributed by atoms with van der Waals surface area (Å²) in [6, 6.07) is 10.1. The van der Waals surface area contributed by atoms with Crippen molar-refractivity contribution in [1.82, 2.24) is 5.32 Å². The highest BCUT2D eigenvalue weighted by atomic mass is 16.5. The molecule has 1 aromatic carbocycles. The van der Waals surface area contributed by atoms with Gasteiger partial charge in [-0.05, 0) is 12.0 Å². The van der Waals surface area contributed by atoms with Crippen molar-refractivity contribution in [2.24, 2.45) is 0 Å². The van der Waals surface area contributed by atoms with Crippen molar-refractivity contribution in [1.29, 1.82) is 0 Å². The average molecular weight is 259 g/mol. The van der Waals surface area contributed by atoms with Gasteiger partial charge in [-0.25, -0.2) is 0 Å². The second kappa shape index (κ2) is 9.11. The number of esters is 1. The van der Waals surface area contributed by atoms with Crippen molar-refractivity contribution in [3.63, 3.8) is 0 Å². The number of carbonyl (C=O) groups is 1. The van der Waals surface area contributed by atoms with Crippen LogP contribution in [0.2, 0.25) is 0 Å². The normalized spacial score (nSPS) is 11.6. The van der Waals surface area contributed by atoms with Crippen molar-refractivity contribution in [3.8, 4) is 0 Å². The van der Waals surface area contributed by atoms with Gasteiger partial charge >= 0.3 is 5.97 Å². The van der Waals surface area contributed by atoms with Crippen molar-refractivity contribution in [2.75, 3.05) is 13.2 Å². The van der Waals surface area contributed by atoms with Crippen molar-refractivity contribution in [2.45, 2.75) is 18.9 Å². The van der Waals surface area contributed by atoms with Gasteiger partial charge in [-0.2, -0.15) is 0 Å². The van der Waals surface area contributed by atoms with Crippen LogP contribution in [0.5, 0.6) is 0 Å². The Bertz CT molecular complexity index is 400. The predicted molar refractivity (Wildman–Crippen MR) is 77.9 cm³/mol. The monoisotopic (exact) mass is 259 g/mol. The van der Waals surface area contributed by atoms with E-state index in [-0.39, 0.29) is 18.6 Å². The van der Waals surface area contributed by atoms with Crippen molar-refractivity contribution >= 4 is 5.97 Å². The van der Waals surface area contributed by atoms with E-state index in [1.807, 2.05) is 18.2 Å². The van der Waals surface area contributed by atoms with Gasteiger partial charge in [0.1, 0.15) is 6.61 Å². The van der Waals surface area contributed by atoms with Gasteiger partial charge in [0, 0.05) is 12.6 Å². The maximum absolute atomic E-state index is 11.6. The summed E-state index contributed by atoms with van der Waals surface area (Å²) < 4.78 is 5.02. The fourth-order valence-electron chi connectivity index (χ4n) is 1.78. The van der Waals surface area contributed by atoms with E-state index >= 15 is 0 Å². The molecule has 0 aromatic heterocycles. The quantitative estimate of drug-likeness (QED) is 0.547. The van der Waals surface area contributed by atoms with E-state index in [9.17, 15) is 4.79 Å². The van der Waals surface area contributed by atoms with Crippen LogP contribution >= 0.6 is 0 Å². The van der Waals surface area contributed by atoms with Crippen LogP contribution in [0.15, 0.2) is 55.6 Å². The molecule has 1 rings (SSSR count). The summed E-state index contributed by atoms with van der Waals surface area (Å²) in [4.78, 5) is 11.6. The molecule has 1 aromatic rings. The minimum absolute atomic E-state index is 0.0534. The molecule has 0 saturated carbocycles. The maximum atomic E-state index is 11.6. The number of ether oxygens (including phenoxy) is 1. The topological polar surface area (TPSA) is 38.3 Å². The molecule has 1 unspecified atom stereocenters. The highest BCUT2D eigenvalue weighted by Crippen LogP contribution is 2.07. The largest absolute Gasteiger partial charge is 0.461 e. The first-order valence-corrected chi connectivity index (χ1v) is 6.41. The van der Waals surface area contributed by atoms with Crippen molar-refractivity contribution in [3.05, 3.63) is 61.2 Å². The Labute approximate surface area is 115 Å². The highest BCUT2D eigenvalue weighted by molar-refractivity contribution is 5.70. The molecule has 0 radical (unpaired) electrons. The smallest absolute Gasteiger partial charge is 0.307 e. The highest BCUT2D eigenvalue weighted by Gasteiger charge is 2.14. The van der Waals surface area contributed by atoms with Gasteiger partial charge in [0.25, 0.3) is 0 Å². The molecule has 19 heavy (non-hydrogen) atoms. The first kappa shape index (κ1) is 15.2. The zero-order valence-corrected chi connectivity index (χ0v) is 11.2. The summed E-state index contributed by atoms with van der Waals surface area (Å²) in [6.07, 6.45) is 4.49. The van der Waals surface area contributed by atoms with Crippen LogP contribution < -0.4 is 5.32 Å². The van der Waals surface area contributed by atoms with E-state index in [1.165, 1.54) is 5.56 Å². The van der Waals surface area contributed by atoms with Gasteiger partial charge in [0.2, 0.25) is 0 Å². The fraction of sp³-hybridized carbons (Fsp3) is 0.312. The molecular weight excluding hydrogens is 238 g/mol. The molecule has 0 heterocycles. The second-order valence-electron chi connectivity index (χ2n) is 4.26. The number of nitrogens with one attached hydrogen (secondary N) is 1. The summed E-state index contributed by atoms with van der Waals surface area (Å²) in [7, 11) is 0. The lowest BCUT2D eigenvalue weighted by Gasteiger charge is -2.17. The lowest BCUT2D eigenvalue weighted by molar-refractivity contribution is -0.142. The minimum atomic E-state index is -0.211. The standard InChI is InChI=1S/C16H21NO2/c1-3-10-17-15(13-16(18)19-11-4-2)12-14-8-6-5-7-9-14/h3-9,15,17H,1-2,10-13H2. The first-order chi connectivity index (χ1) is 9.26. The molecular formula is C16H21NO2. The molecule has 3 heteroatoms. The molecule has 3 nitrogen and oxygen atoms in total. The Balaban J connectivity index is 2.53. The molecule has 0 fully saturated rings. The number of rotatable bonds is 9. The molecule has 0 bridgehead atoms. The Kier molecular flexibility index (Phi) is 7.28. The van der Waals surface area contributed by atoms with Gasteiger partial charge in [0.15, 0.2) is 0 Å². The lowest BCUT2D eigenvalue weighted by Crippen LogP contribution is -2.34. The van der Waals surface area contributed by atoms with Gasteiger partial charge in [-0.15, -0.1) is 6.58 Å².